The van der Waals surface area contributed by atoms with E-state index in [4.69, 9.17) is 5.73 Å². The molecule has 0 atom stereocenters. The zero-order valence-electron chi connectivity index (χ0n) is 11.4. The van der Waals surface area contributed by atoms with E-state index in [2.05, 4.69) is 4.72 Å². The number of anilines is 2. The average molecular weight is 312 g/mol. The molecule has 0 radical (unpaired) electrons. The Morgan fingerprint density at radius 1 is 1.10 bits per heavy atom. The molecule has 0 amide bonds. The Balaban J connectivity index is 2.43. The van der Waals surface area contributed by atoms with Crippen LogP contribution in [0.15, 0.2) is 35.2 Å². The van der Waals surface area contributed by atoms with Crippen LogP contribution in [0, 0.1) is 25.5 Å². The molecule has 3 N–H and O–H groups in total. The highest BCUT2D eigenvalue weighted by molar-refractivity contribution is 7.92. The number of halogens is 2. The van der Waals surface area contributed by atoms with Crippen LogP contribution in [0.25, 0.3) is 0 Å². The quantitative estimate of drug-likeness (QED) is 0.856. The zero-order chi connectivity index (χ0) is 15.8. The van der Waals surface area contributed by atoms with E-state index in [0.29, 0.717) is 17.3 Å². The maximum Gasteiger partial charge on any atom is 0.262 e. The van der Waals surface area contributed by atoms with E-state index in [1.807, 2.05) is 0 Å². The summed E-state index contributed by atoms with van der Waals surface area (Å²) in [6, 6.07) is 5.33. The summed E-state index contributed by atoms with van der Waals surface area (Å²) in [6.07, 6.45) is 0. The largest absolute Gasteiger partial charge is 0.398 e. The van der Waals surface area contributed by atoms with Crippen LogP contribution >= 0.6 is 0 Å². The van der Waals surface area contributed by atoms with Crippen LogP contribution in [0.2, 0.25) is 0 Å². The van der Waals surface area contributed by atoms with E-state index in [1.54, 1.807) is 13.8 Å². The van der Waals surface area contributed by atoms with Gasteiger partial charge in [0.25, 0.3) is 10.0 Å². The van der Waals surface area contributed by atoms with E-state index in [9.17, 15) is 17.2 Å². The number of nitrogens with two attached hydrogens (primary N) is 1. The van der Waals surface area contributed by atoms with Crippen LogP contribution in [0.1, 0.15) is 11.1 Å². The highest BCUT2D eigenvalue weighted by Crippen LogP contribution is 2.24. The molecule has 0 aliphatic carbocycles. The van der Waals surface area contributed by atoms with Gasteiger partial charge in [0.1, 0.15) is 11.6 Å². The van der Waals surface area contributed by atoms with E-state index in [-0.39, 0.29) is 10.6 Å². The second-order valence-electron chi connectivity index (χ2n) is 4.68. The van der Waals surface area contributed by atoms with Gasteiger partial charge in [-0.05, 0) is 49.2 Å². The van der Waals surface area contributed by atoms with Crippen molar-refractivity contribution >= 4 is 21.4 Å². The van der Waals surface area contributed by atoms with E-state index in [0.717, 1.165) is 17.7 Å². The summed E-state index contributed by atoms with van der Waals surface area (Å²) in [5.74, 6) is -1.78. The van der Waals surface area contributed by atoms with Gasteiger partial charge in [-0.2, -0.15) is 0 Å². The zero-order valence-corrected chi connectivity index (χ0v) is 12.3. The minimum atomic E-state index is -4.00. The first-order valence-electron chi connectivity index (χ1n) is 6.05. The fourth-order valence-corrected chi connectivity index (χ4v) is 2.97. The molecule has 112 valence electrons. The first kappa shape index (κ1) is 15.2. The standard InChI is InChI=1S/C14H14F2N2O2S/c1-8-5-11(7-13(17)9(8)2)21(19,20)18-14-4-3-10(15)6-12(14)16/h3-7,18H,17H2,1-2H3. The number of rotatable bonds is 3. The molecule has 4 nitrogen and oxygen atoms in total. The normalized spacial score (nSPS) is 11.4. The first-order valence-corrected chi connectivity index (χ1v) is 7.53. The lowest BCUT2D eigenvalue weighted by atomic mass is 10.1. The molecule has 2 rings (SSSR count). The summed E-state index contributed by atoms with van der Waals surface area (Å²) in [4.78, 5) is -0.0770. The van der Waals surface area contributed by atoms with Crippen molar-refractivity contribution in [1.82, 2.24) is 0 Å². The maximum atomic E-state index is 13.5. The van der Waals surface area contributed by atoms with Crippen LogP contribution in [0.4, 0.5) is 20.2 Å². The Morgan fingerprint density at radius 3 is 2.33 bits per heavy atom. The number of hydrogen-bond acceptors (Lipinski definition) is 3. The molecule has 0 aliphatic rings. The van der Waals surface area contributed by atoms with Crippen molar-refractivity contribution in [2.24, 2.45) is 0 Å². The summed E-state index contributed by atoms with van der Waals surface area (Å²) >= 11 is 0. The van der Waals surface area contributed by atoms with Gasteiger partial charge in [-0.3, -0.25) is 4.72 Å². The number of hydrogen-bond donors (Lipinski definition) is 2. The predicted octanol–water partition coefficient (Wildman–Crippen LogP) is 2.96. The molecule has 0 aromatic heterocycles. The Labute approximate surface area is 121 Å². The molecule has 2 aromatic carbocycles. The fourth-order valence-electron chi connectivity index (χ4n) is 1.78. The van der Waals surface area contributed by atoms with Crippen molar-refractivity contribution in [2.45, 2.75) is 18.7 Å². The second kappa shape index (κ2) is 5.33. The number of nitrogens with one attached hydrogen (secondary N) is 1. The van der Waals surface area contributed by atoms with E-state index in [1.165, 1.54) is 12.1 Å². The maximum absolute atomic E-state index is 13.5. The molecule has 2 aromatic rings. The molecule has 21 heavy (non-hydrogen) atoms. The Bertz CT molecular complexity index is 782. The van der Waals surface area contributed by atoms with Crippen molar-refractivity contribution in [3.63, 3.8) is 0 Å². The van der Waals surface area contributed by atoms with Gasteiger partial charge < -0.3 is 5.73 Å². The van der Waals surface area contributed by atoms with Gasteiger partial charge in [0.15, 0.2) is 0 Å². The molecular weight excluding hydrogens is 298 g/mol. The summed E-state index contributed by atoms with van der Waals surface area (Å²) in [5.41, 5.74) is 7.23. The molecule has 0 saturated heterocycles. The van der Waals surface area contributed by atoms with Crippen molar-refractivity contribution in [2.75, 3.05) is 10.5 Å². The van der Waals surface area contributed by atoms with Crippen molar-refractivity contribution in [3.8, 4) is 0 Å². The van der Waals surface area contributed by atoms with Gasteiger partial charge in [-0.25, -0.2) is 17.2 Å². The van der Waals surface area contributed by atoms with Crippen LogP contribution in [-0.4, -0.2) is 8.42 Å². The van der Waals surface area contributed by atoms with E-state index < -0.39 is 21.7 Å². The fraction of sp³-hybridized carbons (Fsp3) is 0.143. The SMILES string of the molecule is Cc1cc(S(=O)(=O)Nc2ccc(F)cc2F)cc(N)c1C. The summed E-state index contributed by atoms with van der Waals surface area (Å²) in [6.45, 7) is 3.50. The van der Waals surface area contributed by atoms with Crippen molar-refractivity contribution in [1.29, 1.82) is 0 Å². The molecule has 0 spiro atoms. The summed E-state index contributed by atoms with van der Waals surface area (Å²) < 4.78 is 52.9. The van der Waals surface area contributed by atoms with E-state index >= 15 is 0 Å². The molecular formula is C14H14F2N2O2S. The van der Waals surface area contributed by atoms with Crippen LogP contribution < -0.4 is 10.5 Å². The molecule has 0 saturated carbocycles. The molecule has 0 aliphatic heterocycles. The van der Waals surface area contributed by atoms with Crippen LogP contribution in [0.5, 0.6) is 0 Å². The lowest BCUT2D eigenvalue weighted by Gasteiger charge is -2.12. The Kier molecular flexibility index (Phi) is 3.87. The lowest BCUT2D eigenvalue weighted by molar-refractivity contribution is 0.583. The number of nitrogen functional groups attached to an aromatic ring is 1. The minimum absolute atomic E-state index is 0.0770. The summed E-state index contributed by atoms with van der Waals surface area (Å²) in [5, 5.41) is 0. The Hall–Kier alpha value is -2.15. The Morgan fingerprint density at radius 2 is 1.76 bits per heavy atom. The van der Waals surface area contributed by atoms with Crippen LogP contribution in [0.3, 0.4) is 0 Å². The van der Waals surface area contributed by atoms with Gasteiger partial charge >= 0.3 is 0 Å². The molecule has 0 unspecified atom stereocenters. The summed E-state index contributed by atoms with van der Waals surface area (Å²) in [7, 11) is -4.00. The third kappa shape index (κ3) is 3.13. The molecule has 0 fully saturated rings. The van der Waals surface area contributed by atoms with Crippen molar-refractivity contribution < 1.29 is 17.2 Å². The monoisotopic (exact) mass is 312 g/mol. The average Bonchev–Trinajstić information content (AvgIpc) is 2.38. The van der Waals surface area contributed by atoms with Gasteiger partial charge in [0.2, 0.25) is 0 Å². The van der Waals surface area contributed by atoms with Crippen LogP contribution in [-0.2, 0) is 10.0 Å². The predicted molar refractivity (Wildman–Crippen MR) is 77.5 cm³/mol. The number of sulfonamides is 1. The topological polar surface area (TPSA) is 72.2 Å². The lowest BCUT2D eigenvalue weighted by Crippen LogP contribution is -2.15. The molecule has 0 heterocycles. The minimum Gasteiger partial charge on any atom is -0.398 e. The smallest absolute Gasteiger partial charge is 0.262 e. The van der Waals surface area contributed by atoms with Gasteiger partial charge in [-0.1, -0.05) is 0 Å². The molecule has 7 heteroatoms. The van der Waals surface area contributed by atoms with Gasteiger partial charge in [-0.15, -0.1) is 0 Å². The van der Waals surface area contributed by atoms with Gasteiger partial charge in [0.05, 0.1) is 10.6 Å². The number of benzene rings is 2. The van der Waals surface area contributed by atoms with Gasteiger partial charge in [0, 0.05) is 11.8 Å². The highest BCUT2D eigenvalue weighted by atomic mass is 32.2. The molecule has 0 bridgehead atoms. The number of aryl methyl sites for hydroxylation is 1. The third-order valence-electron chi connectivity index (χ3n) is 3.17. The first-order chi connectivity index (χ1) is 9.70. The van der Waals surface area contributed by atoms with Crippen molar-refractivity contribution in [3.05, 3.63) is 53.1 Å². The second-order valence-corrected chi connectivity index (χ2v) is 6.37. The highest BCUT2D eigenvalue weighted by Gasteiger charge is 2.18. The third-order valence-corrected chi connectivity index (χ3v) is 4.51.